The normalized spacial score (nSPS) is 22.9. The van der Waals surface area contributed by atoms with Crippen molar-refractivity contribution < 1.29 is 13.2 Å². The number of rotatable bonds is 5. The number of primary amides is 1. The summed E-state index contributed by atoms with van der Waals surface area (Å²) < 4.78 is 27.1. The number of halogens is 1. The molecule has 5 nitrogen and oxygen atoms in total. The summed E-state index contributed by atoms with van der Waals surface area (Å²) in [6.07, 6.45) is 3.06. The molecular weight excluding hydrogens is 312 g/mol. The first-order valence-corrected chi connectivity index (χ1v) is 8.95. The van der Waals surface area contributed by atoms with Gasteiger partial charge in [0.25, 0.3) is 0 Å². The van der Waals surface area contributed by atoms with E-state index >= 15 is 0 Å². The number of hydrogen-bond donors (Lipinski definition) is 2. The Bertz CT molecular complexity index is 618. The first-order valence-electron chi connectivity index (χ1n) is 6.92. The van der Waals surface area contributed by atoms with E-state index in [9.17, 15) is 13.2 Å². The monoisotopic (exact) mass is 330 g/mol. The van der Waals surface area contributed by atoms with Crippen molar-refractivity contribution in [3.63, 3.8) is 0 Å². The van der Waals surface area contributed by atoms with Crippen LogP contribution in [0.2, 0.25) is 5.02 Å². The van der Waals surface area contributed by atoms with Gasteiger partial charge in [0, 0.05) is 11.1 Å². The summed E-state index contributed by atoms with van der Waals surface area (Å²) in [5.41, 5.74) is 5.90. The average molecular weight is 331 g/mol. The standard InChI is InChI=1S/C14H19ClN2O3S/c15-12-7-3-1-5-10(12)9-21(19,20)17-13-8-4-2-6-11(13)14(16)18/h1,3,5,7,11,13,17H,2,4,6,8-9H2,(H2,16,18). The van der Waals surface area contributed by atoms with Gasteiger partial charge in [-0.1, -0.05) is 42.6 Å². The van der Waals surface area contributed by atoms with Crippen molar-refractivity contribution in [2.24, 2.45) is 11.7 Å². The Balaban J connectivity index is 2.09. The van der Waals surface area contributed by atoms with Crippen molar-refractivity contribution in [3.05, 3.63) is 34.9 Å². The predicted molar refractivity (Wildman–Crippen MR) is 82.2 cm³/mol. The Hall–Kier alpha value is -1.11. The summed E-state index contributed by atoms with van der Waals surface area (Å²) in [7, 11) is -3.57. The summed E-state index contributed by atoms with van der Waals surface area (Å²) in [4.78, 5) is 11.4. The fourth-order valence-electron chi connectivity index (χ4n) is 2.70. The van der Waals surface area contributed by atoms with Crippen LogP contribution in [0.3, 0.4) is 0 Å². The largest absolute Gasteiger partial charge is 0.369 e. The SMILES string of the molecule is NC(=O)C1CCCCC1NS(=O)(=O)Cc1ccccc1Cl. The van der Waals surface area contributed by atoms with Gasteiger partial charge < -0.3 is 5.73 Å². The van der Waals surface area contributed by atoms with E-state index in [0.717, 1.165) is 12.8 Å². The third-order valence-electron chi connectivity index (χ3n) is 3.77. The van der Waals surface area contributed by atoms with Gasteiger partial charge in [-0.3, -0.25) is 4.79 Å². The molecule has 1 aliphatic carbocycles. The Morgan fingerprint density at radius 3 is 2.62 bits per heavy atom. The van der Waals surface area contributed by atoms with Crippen molar-refractivity contribution in [3.8, 4) is 0 Å². The van der Waals surface area contributed by atoms with Crippen LogP contribution in [0.4, 0.5) is 0 Å². The molecule has 2 unspecified atom stereocenters. The molecule has 0 aliphatic heterocycles. The van der Waals surface area contributed by atoms with Gasteiger partial charge in [0.2, 0.25) is 15.9 Å². The Labute approximate surface area is 129 Å². The average Bonchev–Trinajstić information content (AvgIpc) is 2.41. The molecule has 0 radical (unpaired) electrons. The van der Waals surface area contributed by atoms with Crippen LogP contribution in [0.15, 0.2) is 24.3 Å². The summed E-state index contributed by atoms with van der Waals surface area (Å²) in [6, 6.07) is 6.40. The van der Waals surface area contributed by atoms with Gasteiger partial charge in [-0.2, -0.15) is 0 Å². The molecule has 1 fully saturated rings. The molecule has 0 aromatic heterocycles. The molecule has 0 saturated heterocycles. The molecule has 2 rings (SSSR count). The Morgan fingerprint density at radius 1 is 1.29 bits per heavy atom. The molecule has 1 saturated carbocycles. The highest BCUT2D eigenvalue weighted by Gasteiger charge is 2.32. The minimum Gasteiger partial charge on any atom is -0.369 e. The number of hydrogen-bond acceptors (Lipinski definition) is 3. The molecule has 7 heteroatoms. The summed E-state index contributed by atoms with van der Waals surface area (Å²) >= 11 is 5.99. The lowest BCUT2D eigenvalue weighted by atomic mass is 9.85. The number of amides is 1. The van der Waals surface area contributed by atoms with Gasteiger partial charge in [-0.25, -0.2) is 13.1 Å². The van der Waals surface area contributed by atoms with Crippen molar-refractivity contribution in [1.82, 2.24) is 4.72 Å². The van der Waals surface area contributed by atoms with E-state index in [0.29, 0.717) is 23.4 Å². The smallest absolute Gasteiger partial charge is 0.222 e. The Morgan fingerprint density at radius 2 is 1.95 bits per heavy atom. The van der Waals surface area contributed by atoms with Crippen LogP contribution >= 0.6 is 11.6 Å². The number of nitrogens with two attached hydrogens (primary N) is 1. The topological polar surface area (TPSA) is 89.3 Å². The maximum absolute atomic E-state index is 12.3. The quantitative estimate of drug-likeness (QED) is 0.862. The molecule has 1 aliphatic rings. The van der Waals surface area contributed by atoms with Crippen molar-refractivity contribution in [1.29, 1.82) is 0 Å². The lowest BCUT2D eigenvalue weighted by molar-refractivity contribution is -0.123. The fraction of sp³-hybridized carbons (Fsp3) is 0.500. The van der Waals surface area contributed by atoms with Crippen LogP contribution in [0, 0.1) is 5.92 Å². The van der Waals surface area contributed by atoms with Crippen LogP contribution in [0.5, 0.6) is 0 Å². The van der Waals surface area contributed by atoms with E-state index < -0.39 is 27.9 Å². The number of benzene rings is 1. The molecule has 3 N–H and O–H groups in total. The van der Waals surface area contributed by atoms with Gasteiger partial charge in [0.15, 0.2) is 0 Å². The molecule has 0 heterocycles. The van der Waals surface area contributed by atoms with Gasteiger partial charge in [-0.15, -0.1) is 0 Å². The predicted octanol–water partition coefficient (Wildman–Crippen LogP) is 1.80. The zero-order chi connectivity index (χ0) is 15.5. The number of carbonyl (C=O) groups excluding carboxylic acids is 1. The van der Waals surface area contributed by atoms with Gasteiger partial charge in [0.05, 0.1) is 11.7 Å². The minimum atomic E-state index is -3.57. The van der Waals surface area contributed by atoms with E-state index in [4.69, 9.17) is 17.3 Å². The molecule has 1 aromatic rings. The summed E-state index contributed by atoms with van der Waals surface area (Å²) in [5, 5.41) is 0.415. The lowest BCUT2D eigenvalue weighted by Crippen LogP contribution is -2.47. The first kappa shape index (κ1) is 16.3. The third kappa shape index (κ3) is 4.43. The van der Waals surface area contributed by atoms with Crippen molar-refractivity contribution in [2.75, 3.05) is 0 Å². The lowest BCUT2D eigenvalue weighted by Gasteiger charge is -2.29. The highest BCUT2D eigenvalue weighted by molar-refractivity contribution is 7.88. The zero-order valence-corrected chi connectivity index (χ0v) is 13.2. The second kappa shape index (κ2) is 6.77. The second-order valence-electron chi connectivity index (χ2n) is 5.37. The van der Waals surface area contributed by atoms with E-state index in [1.807, 2.05) is 0 Å². The first-order chi connectivity index (χ1) is 9.89. The third-order valence-corrected chi connectivity index (χ3v) is 5.49. The van der Waals surface area contributed by atoms with E-state index in [2.05, 4.69) is 4.72 Å². The highest BCUT2D eigenvalue weighted by Crippen LogP contribution is 2.25. The van der Waals surface area contributed by atoms with Gasteiger partial charge in [-0.05, 0) is 24.5 Å². The molecule has 2 atom stereocenters. The highest BCUT2D eigenvalue weighted by atomic mass is 35.5. The summed E-state index contributed by atoms with van der Waals surface area (Å²) in [6.45, 7) is 0. The van der Waals surface area contributed by atoms with Crippen molar-refractivity contribution in [2.45, 2.75) is 37.5 Å². The second-order valence-corrected chi connectivity index (χ2v) is 7.53. The van der Waals surface area contributed by atoms with Crippen LogP contribution in [-0.2, 0) is 20.6 Å². The van der Waals surface area contributed by atoms with Crippen LogP contribution < -0.4 is 10.5 Å². The molecule has 116 valence electrons. The minimum absolute atomic E-state index is 0.200. The molecule has 21 heavy (non-hydrogen) atoms. The summed E-state index contributed by atoms with van der Waals surface area (Å²) in [5.74, 6) is -1.07. The molecule has 1 amide bonds. The van der Waals surface area contributed by atoms with Crippen LogP contribution in [0.25, 0.3) is 0 Å². The van der Waals surface area contributed by atoms with Crippen LogP contribution in [-0.4, -0.2) is 20.4 Å². The fourth-order valence-corrected chi connectivity index (χ4v) is 4.47. The number of carbonyl (C=O) groups is 1. The maximum atomic E-state index is 12.3. The van der Waals surface area contributed by atoms with Crippen LogP contribution in [0.1, 0.15) is 31.2 Å². The molecule has 1 aromatic carbocycles. The number of sulfonamides is 1. The number of nitrogens with one attached hydrogen (secondary N) is 1. The molecule has 0 bridgehead atoms. The van der Waals surface area contributed by atoms with E-state index in [1.165, 1.54) is 0 Å². The molecular formula is C14H19ClN2O3S. The maximum Gasteiger partial charge on any atom is 0.222 e. The zero-order valence-electron chi connectivity index (χ0n) is 11.6. The van der Waals surface area contributed by atoms with E-state index in [1.54, 1.807) is 24.3 Å². The Kier molecular flexibility index (Phi) is 5.24. The van der Waals surface area contributed by atoms with Gasteiger partial charge >= 0.3 is 0 Å². The van der Waals surface area contributed by atoms with Gasteiger partial charge in [0.1, 0.15) is 0 Å². The van der Waals surface area contributed by atoms with Crippen molar-refractivity contribution >= 4 is 27.5 Å². The van der Waals surface area contributed by atoms with E-state index in [-0.39, 0.29) is 5.75 Å². The molecule has 0 spiro atoms.